The molecule has 7 heteroatoms. The summed E-state index contributed by atoms with van der Waals surface area (Å²) >= 11 is 0. The Morgan fingerprint density at radius 1 is 0.892 bits per heavy atom. The van der Waals surface area contributed by atoms with Gasteiger partial charge in [0, 0.05) is 17.3 Å². The summed E-state index contributed by atoms with van der Waals surface area (Å²) in [5.41, 5.74) is 2.03. The third-order valence-electron chi connectivity index (χ3n) is 8.66. The van der Waals surface area contributed by atoms with Gasteiger partial charge in [0.05, 0.1) is 31.2 Å². The molecule has 3 aromatic rings. The van der Waals surface area contributed by atoms with E-state index in [2.05, 4.69) is 4.90 Å². The number of methoxy groups -OCH3 is 1. The third-order valence-corrected chi connectivity index (χ3v) is 8.66. The molecule has 3 aromatic carbocycles. The number of anilines is 2. The summed E-state index contributed by atoms with van der Waals surface area (Å²) in [6.45, 7) is 1.11. The van der Waals surface area contributed by atoms with E-state index in [0.29, 0.717) is 24.5 Å². The molecule has 1 spiro atoms. The molecule has 7 nitrogen and oxygen atoms in total. The molecule has 3 saturated heterocycles. The number of amides is 3. The number of carbonyl (C=O) groups is 3. The summed E-state index contributed by atoms with van der Waals surface area (Å²) < 4.78 is 5.26. The Hall–Kier alpha value is -3.97. The molecule has 4 atom stereocenters. The first-order valence-corrected chi connectivity index (χ1v) is 12.8. The maximum atomic E-state index is 14.6. The molecule has 0 aliphatic carbocycles. The van der Waals surface area contributed by atoms with Gasteiger partial charge >= 0.3 is 0 Å². The third kappa shape index (κ3) is 2.83. The Labute approximate surface area is 215 Å². The monoisotopic (exact) mass is 493 g/mol. The van der Waals surface area contributed by atoms with Crippen LogP contribution >= 0.6 is 0 Å². The molecule has 0 bridgehead atoms. The summed E-state index contributed by atoms with van der Waals surface area (Å²) in [6, 6.07) is 24.5. The summed E-state index contributed by atoms with van der Waals surface area (Å²) in [4.78, 5) is 48.1. The predicted molar refractivity (Wildman–Crippen MR) is 138 cm³/mol. The van der Waals surface area contributed by atoms with E-state index in [0.717, 1.165) is 29.7 Å². The molecule has 3 fully saturated rings. The quantitative estimate of drug-likeness (QED) is 0.518. The van der Waals surface area contributed by atoms with Crippen molar-refractivity contribution >= 4 is 29.1 Å². The summed E-state index contributed by atoms with van der Waals surface area (Å²) in [5, 5.41) is 0. The Morgan fingerprint density at radius 2 is 1.62 bits per heavy atom. The van der Waals surface area contributed by atoms with Crippen LogP contribution < -0.4 is 14.5 Å². The second-order valence-electron chi connectivity index (χ2n) is 10.3. The van der Waals surface area contributed by atoms with E-state index in [4.69, 9.17) is 4.74 Å². The first kappa shape index (κ1) is 22.2. The van der Waals surface area contributed by atoms with E-state index in [1.165, 1.54) is 4.90 Å². The van der Waals surface area contributed by atoms with Crippen molar-refractivity contribution in [3.8, 4) is 5.75 Å². The minimum Gasteiger partial charge on any atom is -0.497 e. The van der Waals surface area contributed by atoms with Crippen LogP contribution in [-0.4, -0.2) is 42.3 Å². The summed E-state index contributed by atoms with van der Waals surface area (Å²) in [7, 11) is 1.58. The number of nitrogens with zero attached hydrogens (tertiary/aromatic N) is 3. The number of benzene rings is 3. The van der Waals surface area contributed by atoms with Gasteiger partial charge in [-0.15, -0.1) is 0 Å². The van der Waals surface area contributed by atoms with E-state index in [1.54, 1.807) is 31.4 Å². The second kappa shape index (κ2) is 8.02. The zero-order chi connectivity index (χ0) is 25.3. The first-order chi connectivity index (χ1) is 18.1. The standard InChI is InChI=1S/C30H27N3O4/c1-37-21-15-13-20(14-16-21)33-27(34)25-24-12-7-17-32(24)30(26(25)28(33)35)22-10-5-6-11-23(22)31(29(30)36)18-19-8-3-2-4-9-19/h2-6,8-11,13-16,24-26H,7,12,17-18H2,1H3/t24-,25+,26-,30+/m0/s1. The largest absolute Gasteiger partial charge is 0.497 e. The zero-order valence-electron chi connectivity index (χ0n) is 20.5. The number of fused-ring (bicyclic) bond motifs is 7. The molecule has 37 heavy (non-hydrogen) atoms. The molecular weight excluding hydrogens is 466 g/mol. The van der Waals surface area contributed by atoms with E-state index < -0.39 is 17.4 Å². The second-order valence-corrected chi connectivity index (χ2v) is 10.3. The number of hydrogen-bond donors (Lipinski definition) is 0. The van der Waals surface area contributed by atoms with Crippen molar-refractivity contribution in [1.82, 2.24) is 4.90 Å². The van der Waals surface area contributed by atoms with Gasteiger partial charge in [0.25, 0.3) is 5.91 Å². The van der Waals surface area contributed by atoms with E-state index >= 15 is 0 Å². The number of para-hydroxylation sites is 1. The molecule has 4 heterocycles. The zero-order valence-corrected chi connectivity index (χ0v) is 20.5. The van der Waals surface area contributed by atoms with Gasteiger partial charge in [-0.05, 0) is 55.3 Å². The Bertz CT molecular complexity index is 1420. The molecule has 0 unspecified atom stereocenters. The average Bonchev–Trinajstić information content (AvgIpc) is 3.64. The van der Waals surface area contributed by atoms with E-state index in [1.807, 2.05) is 59.5 Å². The van der Waals surface area contributed by atoms with E-state index in [-0.39, 0.29) is 23.8 Å². The highest BCUT2D eigenvalue weighted by molar-refractivity contribution is 6.26. The van der Waals surface area contributed by atoms with Crippen LogP contribution in [-0.2, 0) is 26.5 Å². The van der Waals surface area contributed by atoms with Crippen LogP contribution in [0.15, 0.2) is 78.9 Å². The highest BCUT2D eigenvalue weighted by Gasteiger charge is 2.75. The fourth-order valence-electron chi connectivity index (χ4n) is 7.25. The van der Waals surface area contributed by atoms with Crippen molar-refractivity contribution in [2.45, 2.75) is 31.0 Å². The summed E-state index contributed by atoms with van der Waals surface area (Å²) in [6.07, 6.45) is 1.69. The van der Waals surface area contributed by atoms with Crippen LogP contribution in [0.4, 0.5) is 11.4 Å². The van der Waals surface area contributed by atoms with Crippen LogP contribution in [0.1, 0.15) is 24.0 Å². The first-order valence-electron chi connectivity index (χ1n) is 12.8. The number of imide groups is 1. The van der Waals surface area contributed by atoms with Gasteiger partial charge in [-0.1, -0.05) is 48.5 Å². The highest BCUT2D eigenvalue weighted by Crippen LogP contribution is 2.62. The summed E-state index contributed by atoms with van der Waals surface area (Å²) in [5.74, 6) is -1.26. The highest BCUT2D eigenvalue weighted by atomic mass is 16.5. The van der Waals surface area contributed by atoms with Crippen LogP contribution in [0, 0.1) is 11.8 Å². The minimum absolute atomic E-state index is 0.102. The van der Waals surface area contributed by atoms with Crippen LogP contribution in [0.3, 0.4) is 0 Å². The lowest BCUT2D eigenvalue weighted by Crippen LogP contribution is -2.55. The molecule has 7 rings (SSSR count). The Morgan fingerprint density at radius 3 is 2.38 bits per heavy atom. The molecule has 3 amide bonds. The van der Waals surface area contributed by atoms with Crippen molar-refractivity contribution in [2.24, 2.45) is 11.8 Å². The number of hydrogen-bond acceptors (Lipinski definition) is 5. The SMILES string of the molecule is COc1ccc(N2C(=O)[C@H]3[C@@H](C2=O)[C@]2(C(=O)N(Cc4ccccc4)c4ccccc42)N2CCC[C@@H]32)cc1. The minimum atomic E-state index is -1.18. The molecule has 0 saturated carbocycles. The van der Waals surface area contributed by atoms with Crippen LogP contribution in [0.2, 0.25) is 0 Å². The van der Waals surface area contributed by atoms with Gasteiger partial charge in [0.2, 0.25) is 11.8 Å². The fraction of sp³-hybridized carbons (Fsp3) is 0.300. The van der Waals surface area contributed by atoms with Crippen LogP contribution in [0.25, 0.3) is 0 Å². The van der Waals surface area contributed by atoms with Crippen molar-refractivity contribution in [3.63, 3.8) is 0 Å². The van der Waals surface area contributed by atoms with Crippen molar-refractivity contribution in [2.75, 3.05) is 23.5 Å². The van der Waals surface area contributed by atoms with Gasteiger partial charge in [-0.25, -0.2) is 4.90 Å². The lowest BCUT2D eigenvalue weighted by atomic mass is 9.75. The Kier molecular flexibility index (Phi) is 4.82. The molecule has 4 aliphatic rings. The normalized spacial score (nSPS) is 28.2. The smallest absolute Gasteiger partial charge is 0.253 e. The van der Waals surface area contributed by atoms with Crippen LogP contribution in [0.5, 0.6) is 5.75 Å². The van der Waals surface area contributed by atoms with Gasteiger partial charge in [0.15, 0.2) is 0 Å². The topological polar surface area (TPSA) is 70.2 Å². The molecular formula is C30H27N3O4. The van der Waals surface area contributed by atoms with Gasteiger partial charge < -0.3 is 9.64 Å². The number of ether oxygens (including phenoxy) is 1. The lowest BCUT2D eigenvalue weighted by Gasteiger charge is -2.37. The molecule has 0 N–H and O–H groups in total. The van der Waals surface area contributed by atoms with Crippen molar-refractivity contribution in [1.29, 1.82) is 0 Å². The van der Waals surface area contributed by atoms with Crippen molar-refractivity contribution in [3.05, 3.63) is 90.0 Å². The molecule has 0 radical (unpaired) electrons. The molecule has 4 aliphatic heterocycles. The molecule has 186 valence electrons. The van der Waals surface area contributed by atoms with Crippen molar-refractivity contribution < 1.29 is 19.1 Å². The van der Waals surface area contributed by atoms with Gasteiger partial charge in [-0.3, -0.25) is 19.3 Å². The number of carbonyl (C=O) groups excluding carboxylic acids is 3. The average molecular weight is 494 g/mol. The lowest BCUT2D eigenvalue weighted by molar-refractivity contribution is -0.137. The maximum Gasteiger partial charge on any atom is 0.253 e. The molecule has 0 aromatic heterocycles. The fourth-order valence-corrected chi connectivity index (χ4v) is 7.25. The van der Waals surface area contributed by atoms with Gasteiger partial charge in [0.1, 0.15) is 11.3 Å². The predicted octanol–water partition coefficient (Wildman–Crippen LogP) is 3.72. The van der Waals surface area contributed by atoms with E-state index in [9.17, 15) is 14.4 Å². The maximum absolute atomic E-state index is 14.6. The Balaban J connectivity index is 1.37. The number of rotatable bonds is 4. The van der Waals surface area contributed by atoms with Gasteiger partial charge in [-0.2, -0.15) is 0 Å².